The third kappa shape index (κ3) is 3.82. The number of rotatable bonds is 4. The van der Waals surface area contributed by atoms with E-state index in [2.05, 4.69) is 5.32 Å². The fourth-order valence-electron chi connectivity index (χ4n) is 2.07. The molecule has 0 atom stereocenters. The summed E-state index contributed by atoms with van der Waals surface area (Å²) < 4.78 is 51.1. The van der Waals surface area contributed by atoms with Crippen LogP contribution in [0.2, 0.25) is 0 Å². The number of alkyl halides is 3. The van der Waals surface area contributed by atoms with Gasteiger partial charge in [0.1, 0.15) is 5.82 Å². The molecule has 1 N–H and O–H groups in total. The Morgan fingerprint density at radius 2 is 1.67 bits per heavy atom. The molecule has 0 bridgehead atoms. The fourth-order valence-corrected chi connectivity index (χ4v) is 2.07. The summed E-state index contributed by atoms with van der Waals surface area (Å²) in [6, 6.07) is 9.09. The van der Waals surface area contributed by atoms with Gasteiger partial charge in [-0.05, 0) is 47.5 Å². The van der Waals surface area contributed by atoms with E-state index >= 15 is 0 Å². The van der Waals surface area contributed by atoms with E-state index in [9.17, 15) is 17.6 Å². The van der Waals surface area contributed by atoms with E-state index in [1.54, 1.807) is 6.07 Å². The van der Waals surface area contributed by atoms with Gasteiger partial charge in [0.05, 0.1) is 5.56 Å². The van der Waals surface area contributed by atoms with Gasteiger partial charge in [0, 0.05) is 6.54 Å². The van der Waals surface area contributed by atoms with Crippen LogP contribution in [-0.2, 0) is 12.7 Å². The molecule has 2 aromatic carbocycles. The Kier molecular flexibility index (Phi) is 4.63. The molecular formula is C16H15F4N. The minimum atomic E-state index is -4.37. The fraction of sp³-hybridized carbons (Fsp3) is 0.250. The van der Waals surface area contributed by atoms with E-state index in [1.807, 2.05) is 6.92 Å². The molecule has 0 aliphatic carbocycles. The molecule has 0 unspecified atom stereocenters. The van der Waals surface area contributed by atoms with Crippen LogP contribution in [0.25, 0.3) is 11.1 Å². The van der Waals surface area contributed by atoms with Crippen molar-refractivity contribution in [2.24, 2.45) is 0 Å². The zero-order valence-corrected chi connectivity index (χ0v) is 11.5. The summed E-state index contributed by atoms with van der Waals surface area (Å²) in [6.45, 7) is 3.23. The van der Waals surface area contributed by atoms with Crippen molar-refractivity contribution in [3.63, 3.8) is 0 Å². The monoisotopic (exact) mass is 297 g/mol. The van der Waals surface area contributed by atoms with Gasteiger partial charge in [0.25, 0.3) is 0 Å². The maximum absolute atomic E-state index is 13.4. The molecule has 2 aromatic rings. The van der Waals surface area contributed by atoms with Gasteiger partial charge in [0.2, 0.25) is 0 Å². The maximum atomic E-state index is 13.4. The third-order valence-electron chi connectivity index (χ3n) is 3.16. The van der Waals surface area contributed by atoms with Crippen molar-refractivity contribution < 1.29 is 17.6 Å². The summed E-state index contributed by atoms with van der Waals surface area (Å²) in [5, 5.41) is 3.13. The molecule has 5 heteroatoms. The van der Waals surface area contributed by atoms with Gasteiger partial charge in [-0.2, -0.15) is 13.2 Å². The first-order valence-corrected chi connectivity index (χ1v) is 6.58. The molecule has 0 fully saturated rings. The van der Waals surface area contributed by atoms with Gasteiger partial charge in [-0.15, -0.1) is 0 Å². The van der Waals surface area contributed by atoms with E-state index in [-0.39, 0.29) is 0 Å². The smallest absolute Gasteiger partial charge is 0.313 e. The lowest BCUT2D eigenvalue weighted by atomic mass is 9.98. The number of hydrogen-bond acceptors (Lipinski definition) is 1. The molecule has 0 saturated carbocycles. The zero-order chi connectivity index (χ0) is 15.5. The second kappa shape index (κ2) is 6.26. The van der Waals surface area contributed by atoms with E-state index in [0.717, 1.165) is 24.2 Å². The van der Waals surface area contributed by atoms with Crippen LogP contribution < -0.4 is 5.32 Å². The highest BCUT2D eigenvalue weighted by atomic mass is 19.4. The van der Waals surface area contributed by atoms with Gasteiger partial charge >= 0.3 is 6.18 Å². The lowest BCUT2D eigenvalue weighted by molar-refractivity contribution is -0.137. The van der Waals surface area contributed by atoms with Gasteiger partial charge < -0.3 is 5.32 Å². The Hall–Kier alpha value is -1.88. The number of hydrogen-bond donors (Lipinski definition) is 1. The molecule has 0 spiro atoms. The van der Waals surface area contributed by atoms with Crippen molar-refractivity contribution in [3.8, 4) is 11.1 Å². The summed E-state index contributed by atoms with van der Waals surface area (Å²) in [6.07, 6.45) is -4.37. The van der Waals surface area contributed by atoms with Crippen LogP contribution in [0.5, 0.6) is 0 Å². The number of halogens is 4. The van der Waals surface area contributed by atoms with E-state index in [4.69, 9.17) is 0 Å². The highest BCUT2D eigenvalue weighted by Crippen LogP contribution is 2.32. The summed E-state index contributed by atoms with van der Waals surface area (Å²) in [5.41, 5.74) is 1.30. The van der Waals surface area contributed by atoms with E-state index < -0.39 is 17.6 Å². The van der Waals surface area contributed by atoms with Crippen molar-refractivity contribution >= 4 is 0 Å². The zero-order valence-electron chi connectivity index (χ0n) is 11.5. The van der Waals surface area contributed by atoms with Gasteiger partial charge in [0.15, 0.2) is 0 Å². The number of benzene rings is 2. The average molecular weight is 297 g/mol. The van der Waals surface area contributed by atoms with Crippen LogP contribution in [0, 0.1) is 5.82 Å². The summed E-state index contributed by atoms with van der Waals surface area (Å²) >= 11 is 0. The molecule has 0 aliphatic rings. The van der Waals surface area contributed by atoms with Crippen molar-refractivity contribution in [2.45, 2.75) is 19.6 Å². The molecule has 0 amide bonds. The van der Waals surface area contributed by atoms with Crippen LogP contribution in [0.15, 0.2) is 42.5 Å². The number of nitrogens with one attached hydrogen (secondary N) is 1. The Balaban J connectivity index is 2.38. The highest BCUT2D eigenvalue weighted by molar-refractivity contribution is 5.67. The van der Waals surface area contributed by atoms with Crippen molar-refractivity contribution in [2.75, 3.05) is 6.54 Å². The molecule has 0 aliphatic heterocycles. The standard InChI is InChI=1S/C16H15F4N/c1-2-21-10-12-5-8-14(17)9-15(12)11-3-6-13(7-4-11)16(18,19)20/h3-9,21H,2,10H2,1H3. The largest absolute Gasteiger partial charge is 0.416 e. The van der Waals surface area contributed by atoms with Crippen molar-refractivity contribution in [1.82, 2.24) is 5.32 Å². The van der Waals surface area contributed by atoms with Crippen LogP contribution in [0.3, 0.4) is 0 Å². The molecule has 0 saturated heterocycles. The molecular weight excluding hydrogens is 282 g/mol. The summed E-state index contributed by atoms with van der Waals surface area (Å²) in [5.74, 6) is -0.412. The molecule has 0 heterocycles. The predicted molar refractivity (Wildman–Crippen MR) is 74.2 cm³/mol. The first kappa shape index (κ1) is 15.5. The predicted octanol–water partition coefficient (Wildman–Crippen LogP) is 4.62. The van der Waals surface area contributed by atoms with E-state index in [0.29, 0.717) is 17.7 Å². The molecule has 0 aromatic heterocycles. The SMILES string of the molecule is CCNCc1ccc(F)cc1-c1ccc(C(F)(F)F)cc1. The van der Waals surface area contributed by atoms with Crippen LogP contribution in [0.1, 0.15) is 18.1 Å². The average Bonchev–Trinajstić information content (AvgIpc) is 2.45. The molecule has 112 valence electrons. The quantitative estimate of drug-likeness (QED) is 0.812. The normalized spacial score (nSPS) is 11.7. The van der Waals surface area contributed by atoms with Crippen LogP contribution in [0.4, 0.5) is 17.6 Å². The first-order chi connectivity index (χ1) is 9.91. The van der Waals surface area contributed by atoms with Gasteiger partial charge in [-0.1, -0.05) is 25.1 Å². The summed E-state index contributed by atoms with van der Waals surface area (Å²) in [4.78, 5) is 0. The van der Waals surface area contributed by atoms with Gasteiger partial charge in [-0.3, -0.25) is 0 Å². The Bertz CT molecular complexity index is 603. The van der Waals surface area contributed by atoms with E-state index in [1.165, 1.54) is 24.3 Å². The molecule has 0 radical (unpaired) electrons. The minimum Gasteiger partial charge on any atom is -0.313 e. The van der Waals surface area contributed by atoms with Crippen molar-refractivity contribution in [3.05, 3.63) is 59.4 Å². The highest BCUT2D eigenvalue weighted by Gasteiger charge is 2.30. The first-order valence-electron chi connectivity index (χ1n) is 6.58. The van der Waals surface area contributed by atoms with Crippen LogP contribution in [-0.4, -0.2) is 6.54 Å². The second-order valence-electron chi connectivity index (χ2n) is 4.66. The Morgan fingerprint density at radius 3 is 2.24 bits per heavy atom. The maximum Gasteiger partial charge on any atom is 0.416 e. The lowest BCUT2D eigenvalue weighted by Crippen LogP contribution is -2.12. The van der Waals surface area contributed by atoms with Gasteiger partial charge in [-0.25, -0.2) is 4.39 Å². The van der Waals surface area contributed by atoms with Crippen LogP contribution >= 0.6 is 0 Å². The summed E-state index contributed by atoms with van der Waals surface area (Å²) in [7, 11) is 0. The third-order valence-corrected chi connectivity index (χ3v) is 3.16. The second-order valence-corrected chi connectivity index (χ2v) is 4.66. The Labute approximate surface area is 120 Å². The molecule has 2 rings (SSSR count). The lowest BCUT2D eigenvalue weighted by Gasteiger charge is -2.12. The topological polar surface area (TPSA) is 12.0 Å². The molecule has 1 nitrogen and oxygen atoms in total. The molecule has 21 heavy (non-hydrogen) atoms. The minimum absolute atomic E-state index is 0.412. The Morgan fingerprint density at radius 1 is 1.00 bits per heavy atom. The van der Waals surface area contributed by atoms with Crippen molar-refractivity contribution in [1.29, 1.82) is 0 Å².